The maximum atomic E-state index is 10.6. The molecule has 0 fully saturated rings. The summed E-state index contributed by atoms with van der Waals surface area (Å²) in [5.41, 5.74) is 5.62. The molecule has 132 valence electrons. The maximum Gasteiger partial charge on any atom is 0.433 e. The molecule has 0 bridgehead atoms. The molecule has 0 aliphatic heterocycles. The largest absolute Gasteiger partial charge is 0.433 e. The fraction of sp³-hybridized carbons (Fsp3) is 0. The van der Waals surface area contributed by atoms with Gasteiger partial charge in [0.2, 0.25) is 5.95 Å². The Morgan fingerprint density at radius 2 is 1.58 bits per heavy atom. The molecule has 14 nitrogen and oxygen atoms in total. The third-order valence-corrected chi connectivity index (χ3v) is 2.84. The zero-order chi connectivity index (χ0) is 18.7. The first-order valence-corrected chi connectivity index (χ1v) is 6.72. The molecule has 0 aliphatic carbocycles. The number of nitro groups is 2. The van der Waals surface area contributed by atoms with Crippen LogP contribution in [-0.4, -0.2) is 37.1 Å². The minimum Gasteiger partial charge on any atom is -0.400 e. The van der Waals surface area contributed by atoms with Crippen molar-refractivity contribution in [3.63, 3.8) is 0 Å². The van der Waals surface area contributed by atoms with Crippen LogP contribution in [0.4, 0.5) is 23.7 Å². The lowest BCUT2D eigenvalue weighted by Crippen LogP contribution is -1.97. The molecule has 0 aliphatic rings. The predicted molar refractivity (Wildman–Crippen MR) is 85.4 cm³/mol. The van der Waals surface area contributed by atoms with E-state index in [9.17, 15) is 20.2 Å². The van der Waals surface area contributed by atoms with Crippen LogP contribution in [0.15, 0.2) is 43.2 Å². The van der Waals surface area contributed by atoms with E-state index in [-0.39, 0.29) is 23.4 Å². The standard InChI is InChI=1S/C12H8N8O6/c13-11-16-17-12(14-5-7-1-3-9(25-7)19(21)22)18(11)15-6-8-2-4-10(26-8)20(23)24/h1-6H,(H2,13,16)/b14-5+,15-6?. The lowest BCUT2D eigenvalue weighted by Gasteiger charge is -1.95. The molecule has 14 heteroatoms. The Morgan fingerprint density at radius 3 is 2.12 bits per heavy atom. The van der Waals surface area contributed by atoms with Gasteiger partial charge in [-0.05, 0) is 12.1 Å². The van der Waals surface area contributed by atoms with Crippen molar-refractivity contribution < 1.29 is 18.7 Å². The Labute approximate surface area is 142 Å². The van der Waals surface area contributed by atoms with Crippen molar-refractivity contribution in [2.75, 3.05) is 5.73 Å². The van der Waals surface area contributed by atoms with E-state index in [0.717, 1.165) is 10.9 Å². The first kappa shape index (κ1) is 16.5. The number of furan rings is 2. The van der Waals surface area contributed by atoms with E-state index in [0.29, 0.717) is 0 Å². The Balaban J connectivity index is 1.81. The number of anilines is 1. The zero-order valence-corrected chi connectivity index (χ0v) is 12.6. The highest BCUT2D eigenvalue weighted by atomic mass is 16.7. The molecule has 3 aromatic heterocycles. The maximum absolute atomic E-state index is 10.6. The zero-order valence-electron chi connectivity index (χ0n) is 12.6. The second-order valence-electron chi connectivity index (χ2n) is 4.54. The van der Waals surface area contributed by atoms with Gasteiger partial charge in [-0.3, -0.25) is 20.2 Å². The minimum atomic E-state index is -0.692. The molecular formula is C12H8N8O6. The number of aromatic nitrogens is 3. The molecule has 0 spiro atoms. The van der Waals surface area contributed by atoms with Crippen LogP contribution in [0.3, 0.4) is 0 Å². The number of hydrogen-bond donors (Lipinski definition) is 1. The van der Waals surface area contributed by atoms with Crippen molar-refractivity contribution >= 4 is 36.1 Å². The summed E-state index contributed by atoms with van der Waals surface area (Å²) in [6.45, 7) is 0. The molecule has 3 aromatic rings. The average molecular weight is 360 g/mol. The van der Waals surface area contributed by atoms with Gasteiger partial charge < -0.3 is 14.6 Å². The van der Waals surface area contributed by atoms with Crippen molar-refractivity contribution in [1.29, 1.82) is 0 Å². The van der Waals surface area contributed by atoms with E-state index in [2.05, 4.69) is 20.3 Å². The Morgan fingerprint density at radius 1 is 1.00 bits per heavy atom. The van der Waals surface area contributed by atoms with Crippen molar-refractivity contribution in [1.82, 2.24) is 14.9 Å². The van der Waals surface area contributed by atoms with E-state index in [4.69, 9.17) is 14.6 Å². The number of rotatable bonds is 6. The lowest BCUT2D eigenvalue weighted by molar-refractivity contribution is -0.402. The van der Waals surface area contributed by atoms with Crippen LogP contribution in [0.2, 0.25) is 0 Å². The highest BCUT2D eigenvalue weighted by molar-refractivity contribution is 5.79. The van der Waals surface area contributed by atoms with Gasteiger partial charge in [0.1, 0.15) is 9.85 Å². The number of nitrogen functional groups attached to an aromatic ring is 1. The van der Waals surface area contributed by atoms with E-state index in [1.165, 1.54) is 30.5 Å². The summed E-state index contributed by atoms with van der Waals surface area (Å²) >= 11 is 0. The van der Waals surface area contributed by atoms with Gasteiger partial charge in [-0.1, -0.05) is 0 Å². The Bertz CT molecular complexity index is 1030. The van der Waals surface area contributed by atoms with Crippen LogP contribution in [0.1, 0.15) is 11.5 Å². The van der Waals surface area contributed by atoms with Gasteiger partial charge in [-0.2, -0.15) is 9.78 Å². The molecule has 0 amide bonds. The molecule has 26 heavy (non-hydrogen) atoms. The molecule has 0 saturated heterocycles. The average Bonchev–Trinajstić information content (AvgIpc) is 3.31. The first-order valence-electron chi connectivity index (χ1n) is 6.72. The van der Waals surface area contributed by atoms with Crippen LogP contribution in [0.5, 0.6) is 0 Å². The van der Waals surface area contributed by atoms with Crippen LogP contribution >= 0.6 is 0 Å². The van der Waals surface area contributed by atoms with Crippen LogP contribution in [-0.2, 0) is 0 Å². The molecule has 3 heterocycles. The molecule has 0 saturated carbocycles. The van der Waals surface area contributed by atoms with Crippen molar-refractivity contribution in [2.45, 2.75) is 0 Å². The number of hydrogen-bond acceptors (Lipinski definition) is 11. The molecule has 2 N–H and O–H groups in total. The predicted octanol–water partition coefficient (Wildman–Crippen LogP) is 1.50. The minimum absolute atomic E-state index is 0.0566. The summed E-state index contributed by atoms with van der Waals surface area (Å²) in [5.74, 6) is -0.846. The third kappa shape index (κ3) is 3.42. The van der Waals surface area contributed by atoms with Gasteiger partial charge in [0.05, 0.1) is 24.6 Å². The topological polar surface area (TPSA) is 194 Å². The molecular weight excluding hydrogens is 352 g/mol. The smallest absolute Gasteiger partial charge is 0.400 e. The summed E-state index contributed by atoms with van der Waals surface area (Å²) in [4.78, 5) is 23.7. The van der Waals surface area contributed by atoms with Gasteiger partial charge in [0.25, 0.3) is 5.95 Å². The Kier molecular flexibility index (Phi) is 4.21. The van der Waals surface area contributed by atoms with Crippen molar-refractivity contribution in [2.24, 2.45) is 10.1 Å². The van der Waals surface area contributed by atoms with Crippen LogP contribution < -0.4 is 5.73 Å². The van der Waals surface area contributed by atoms with Crippen molar-refractivity contribution in [3.05, 3.63) is 56.0 Å². The fourth-order valence-electron chi connectivity index (χ4n) is 1.73. The van der Waals surface area contributed by atoms with Crippen molar-refractivity contribution in [3.8, 4) is 0 Å². The number of nitrogens with zero attached hydrogens (tertiary/aromatic N) is 7. The quantitative estimate of drug-likeness (QED) is 0.385. The van der Waals surface area contributed by atoms with Gasteiger partial charge in [-0.25, -0.2) is 4.99 Å². The second-order valence-corrected chi connectivity index (χ2v) is 4.54. The highest BCUT2D eigenvalue weighted by Gasteiger charge is 2.13. The summed E-state index contributed by atoms with van der Waals surface area (Å²) in [5, 5.41) is 32.3. The molecule has 3 rings (SSSR count). The van der Waals surface area contributed by atoms with Crippen LogP contribution in [0, 0.1) is 20.2 Å². The first-order chi connectivity index (χ1) is 12.4. The highest BCUT2D eigenvalue weighted by Crippen LogP contribution is 2.17. The summed E-state index contributed by atoms with van der Waals surface area (Å²) in [6, 6.07) is 5.02. The Hall–Kier alpha value is -4.36. The third-order valence-electron chi connectivity index (χ3n) is 2.84. The van der Waals surface area contributed by atoms with Gasteiger partial charge in [0, 0.05) is 0 Å². The lowest BCUT2D eigenvalue weighted by atomic mass is 10.5. The molecule has 0 radical (unpaired) electrons. The molecule has 0 aromatic carbocycles. The van der Waals surface area contributed by atoms with Gasteiger partial charge in [-0.15, -0.1) is 10.2 Å². The summed E-state index contributed by atoms with van der Waals surface area (Å²) < 4.78 is 10.9. The normalized spacial score (nSPS) is 11.5. The van der Waals surface area contributed by atoms with Gasteiger partial charge >= 0.3 is 11.8 Å². The summed E-state index contributed by atoms with van der Waals surface area (Å²) in [7, 11) is 0. The van der Waals surface area contributed by atoms with E-state index >= 15 is 0 Å². The second kappa shape index (κ2) is 6.63. The number of aliphatic imine (C=N–C) groups is 1. The van der Waals surface area contributed by atoms with E-state index in [1.807, 2.05) is 0 Å². The molecule has 0 atom stereocenters. The van der Waals surface area contributed by atoms with E-state index < -0.39 is 21.6 Å². The molecule has 0 unspecified atom stereocenters. The monoisotopic (exact) mass is 360 g/mol. The van der Waals surface area contributed by atoms with Crippen LogP contribution in [0.25, 0.3) is 0 Å². The summed E-state index contributed by atoms with van der Waals surface area (Å²) in [6.07, 6.45) is 2.32. The van der Waals surface area contributed by atoms with Gasteiger partial charge in [0.15, 0.2) is 11.5 Å². The van der Waals surface area contributed by atoms with E-state index in [1.54, 1.807) is 0 Å². The number of nitrogens with two attached hydrogens (primary N) is 1. The SMILES string of the molecule is Nc1nnc(/N=C/c2ccc([N+](=O)[O-])o2)n1N=Cc1ccc([N+](=O)[O-])o1. The fourth-order valence-corrected chi connectivity index (χ4v) is 1.73.